The van der Waals surface area contributed by atoms with Gasteiger partial charge in [0.25, 0.3) is 0 Å². The quantitative estimate of drug-likeness (QED) is 0.177. The van der Waals surface area contributed by atoms with Crippen molar-refractivity contribution in [1.82, 2.24) is 5.32 Å². The van der Waals surface area contributed by atoms with Crippen LogP contribution in [0.15, 0.2) is 48.0 Å². The highest BCUT2D eigenvalue weighted by Gasteiger charge is 2.21. The van der Waals surface area contributed by atoms with Crippen LogP contribution < -0.4 is 20.7 Å². The molecule has 206 valence electrons. The van der Waals surface area contributed by atoms with Gasteiger partial charge in [-0.1, -0.05) is 26.8 Å². The molecule has 0 saturated heterocycles. The van der Waals surface area contributed by atoms with Crippen LogP contribution in [0.2, 0.25) is 0 Å². The summed E-state index contributed by atoms with van der Waals surface area (Å²) in [4.78, 5) is 28.3. The number of aliphatic imine (C=N–C) groups is 1. The molecule has 0 aliphatic heterocycles. The van der Waals surface area contributed by atoms with E-state index >= 15 is 4.39 Å². The molecule has 38 heavy (non-hydrogen) atoms. The Balaban J connectivity index is 0.00000161. The SMILES string of the molecule is C=C(Nc1ccc(NC(=O)CC(=O)NC2CCC2)cc1)c1c(N=CC)ccc(OCCOC)c1F.CCC. The lowest BCUT2D eigenvalue weighted by Gasteiger charge is -2.26. The first-order valence-electron chi connectivity index (χ1n) is 12.9. The fraction of sp³-hybridized carbons (Fsp3) is 0.414. The van der Waals surface area contributed by atoms with E-state index in [1.807, 2.05) is 0 Å². The number of carbonyl (C=O) groups excluding carboxylic acids is 2. The number of ether oxygens (including phenoxy) is 2. The van der Waals surface area contributed by atoms with Gasteiger partial charge in [0, 0.05) is 36.4 Å². The summed E-state index contributed by atoms with van der Waals surface area (Å²) in [6, 6.07) is 10.2. The van der Waals surface area contributed by atoms with Crippen LogP contribution in [-0.4, -0.2) is 44.4 Å². The van der Waals surface area contributed by atoms with Gasteiger partial charge in [-0.05, 0) is 62.6 Å². The third-order valence-electron chi connectivity index (χ3n) is 5.45. The van der Waals surface area contributed by atoms with E-state index in [4.69, 9.17) is 9.47 Å². The second-order valence-corrected chi connectivity index (χ2v) is 8.81. The van der Waals surface area contributed by atoms with Gasteiger partial charge in [0.05, 0.1) is 17.9 Å². The van der Waals surface area contributed by atoms with Crippen LogP contribution in [0.4, 0.5) is 21.5 Å². The van der Waals surface area contributed by atoms with Crippen LogP contribution in [0.3, 0.4) is 0 Å². The molecule has 0 heterocycles. The molecule has 3 rings (SSSR count). The predicted molar refractivity (Wildman–Crippen MR) is 152 cm³/mol. The standard InChI is InChI=1S/C26H31FN4O4.C3H8/c1-4-28-21-12-13-22(35-15-14-34-3)26(27)25(21)17(2)29-19-8-10-20(11-9-19)31-24(33)16-23(32)30-18-6-5-7-18;1-3-2/h4,8-13,18,29H,2,5-7,14-16H2,1,3H3,(H,30,32)(H,31,33);3H2,1-2H3. The fourth-order valence-electron chi connectivity index (χ4n) is 3.48. The molecule has 1 aliphatic rings. The van der Waals surface area contributed by atoms with Crippen molar-refractivity contribution < 1.29 is 23.5 Å². The lowest BCUT2D eigenvalue weighted by molar-refractivity contribution is -0.127. The summed E-state index contributed by atoms with van der Waals surface area (Å²) in [6.45, 7) is 10.5. The molecule has 2 aromatic rings. The van der Waals surface area contributed by atoms with Crippen LogP contribution in [0, 0.1) is 5.82 Å². The second kappa shape index (κ2) is 16.2. The van der Waals surface area contributed by atoms with Gasteiger partial charge in [0.1, 0.15) is 13.0 Å². The number of nitrogens with one attached hydrogen (secondary N) is 3. The van der Waals surface area contributed by atoms with Crippen molar-refractivity contribution in [3.05, 3.63) is 54.4 Å². The van der Waals surface area contributed by atoms with Gasteiger partial charge in [-0.3, -0.25) is 14.6 Å². The Bertz CT molecular complexity index is 1100. The van der Waals surface area contributed by atoms with Gasteiger partial charge in [-0.25, -0.2) is 4.39 Å². The summed E-state index contributed by atoms with van der Waals surface area (Å²) in [5, 5.41) is 8.62. The molecule has 9 heteroatoms. The number of carbonyl (C=O) groups is 2. The molecule has 0 unspecified atom stereocenters. The van der Waals surface area contributed by atoms with E-state index in [0.29, 0.717) is 29.4 Å². The van der Waals surface area contributed by atoms with Crippen molar-refractivity contribution >= 4 is 40.8 Å². The first-order chi connectivity index (χ1) is 18.3. The average Bonchev–Trinajstić information content (AvgIpc) is 2.85. The Morgan fingerprint density at radius 3 is 2.24 bits per heavy atom. The van der Waals surface area contributed by atoms with Crippen LogP contribution in [0.25, 0.3) is 5.70 Å². The highest BCUT2D eigenvalue weighted by Crippen LogP contribution is 2.34. The first kappa shape index (κ1) is 30.5. The maximum atomic E-state index is 15.2. The summed E-state index contributed by atoms with van der Waals surface area (Å²) < 4.78 is 25.7. The number of halogens is 1. The fourth-order valence-corrected chi connectivity index (χ4v) is 3.48. The minimum atomic E-state index is -0.578. The number of methoxy groups -OCH3 is 1. The molecular weight excluding hydrogens is 487 g/mol. The van der Waals surface area contributed by atoms with Crippen LogP contribution in [-0.2, 0) is 14.3 Å². The number of anilines is 2. The van der Waals surface area contributed by atoms with Crippen LogP contribution in [0.1, 0.15) is 58.4 Å². The zero-order valence-corrected chi connectivity index (χ0v) is 22.7. The van der Waals surface area contributed by atoms with E-state index in [0.717, 1.165) is 19.3 Å². The Hall–Kier alpha value is -3.72. The second-order valence-electron chi connectivity index (χ2n) is 8.81. The molecule has 2 amide bonds. The molecule has 1 aliphatic carbocycles. The molecule has 0 aromatic heterocycles. The first-order valence-corrected chi connectivity index (χ1v) is 12.9. The molecule has 1 saturated carbocycles. The topological polar surface area (TPSA) is 101 Å². The molecule has 0 spiro atoms. The Morgan fingerprint density at radius 1 is 1.05 bits per heavy atom. The van der Waals surface area contributed by atoms with Crippen molar-refractivity contribution in [3.8, 4) is 5.75 Å². The molecule has 3 N–H and O–H groups in total. The minimum absolute atomic E-state index is 0.0782. The molecule has 2 aromatic carbocycles. The van der Waals surface area contributed by atoms with E-state index < -0.39 is 5.82 Å². The molecule has 1 fully saturated rings. The van der Waals surface area contributed by atoms with Gasteiger partial charge in [-0.2, -0.15) is 0 Å². The number of amides is 2. The largest absolute Gasteiger partial charge is 0.488 e. The van der Waals surface area contributed by atoms with E-state index in [9.17, 15) is 9.59 Å². The maximum Gasteiger partial charge on any atom is 0.233 e. The number of rotatable bonds is 12. The number of hydrogen-bond donors (Lipinski definition) is 3. The van der Waals surface area contributed by atoms with Crippen LogP contribution in [0.5, 0.6) is 5.75 Å². The molecule has 0 atom stereocenters. The lowest BCUT2D eigenvalue weighted by Crippen LogP contribution is -2.40. The van der Waals surface area contributed by atoms with Gasteiger partial charge >= 0.3 is 0 Å². The zero-order valence-electron chi connectivity index (χ0n) is 22.7. The van der Waals surface area contributed by atoms with Crippen molar-refractivity contribution in [3.63, 3.8) is 0 Å². The maximum absolute atomic E-state index is 15.2. The molecule has 0 radical (unpaired) electrons. The van der Waals surface area contributed by atoms with Gasteiger partial charge < -0.3 is 25.4 Å². The minimum Gasteiger partial charge on any atom is -0.488 e. The summed E-state index contributed by atoms with van der Waals surface area (Å²) in [5.74, 6) is -1.16. The van der Waals surface area contributed by atoms with E-state index in [-0.39, 0.29) is 42.2 Å². The summed E-state index contributed by atoms with van der Waals surface area (Å²) in [5.41, 5.74) is 2.06. The lowest BCUT2D eigenvalue weighted by atomic mass is 9.93. The summed E-state index contributed by atoms with van der Waals surface area (Å²) >= 11 is 0. The molecule has 8 nitrogen and oxygen atoms in total. The number of nitrogens with zero attached hydrogens (tertiary/aromatic N) is 1. The van der Waals surface area contributed by atoms with Crippen molar-refractivity contribution in [2.24, 2.45) is 4.99 Å². The molecule has 0 bridgehead atoms. The summed E-state index contributed by atoms with van der Waals surface area (Å²) in [6.07, 6.45) is 5.64. The van der Waals surface area contributed by atoms with E-state index in [2.05, 4.69) is 41.4 Å². The Kier molecular flexibility index (Phi) is 13.0. The predicted octanol–water partition coefficient (Wildman–Crippen LogP) is 6.07. The van der Waals surface area contributed by atoms with E-state index in [1.165, 1.54) is 12.5 Å². The zero-order chi connectivity index (χ0) is 27.9. The van der Waals surface area contributed by atoms with Gasteiger partial charge in [0.15, 0.2) is 11.6 Å². The smallest absolute Gasteiger partial charge is 0.233 e. The van der Waals surface area contributed by atoms with Crippen molar-refractivity contribution in [1.29, 1.82) is 0 Å². The summed E-state index contributed by atoms with van der Waals surface area (Å²) in [7, 11) is 1.54. The van der Waals surface area contributed by atoms with Gasteiger partial charge in [-0.15, -0.1) is 0 Å². The van der Waals surface area contributed by atoms with E-state index in [1.54, 1.807) is 50.6 Å². The number of benzene rings is 2. The monoisotopic (exact) mass is 526 g/mol. The van der Waals surface area contributed by atoms with Crippen LogP contribution >= 0.6 is 0 Å². The van der Waals surface area contributed by atoms with Crippen molar-refractivity contribution in [2.75, 3.05) is 31.0 Å². The average molecular weight is 527 g/mol. The third kappa shape index (κ3) is 9.63. The Morgan fingerprint density at radius 2 is 1.68 bits per heavy atom. The van der Waals surface area contributed by atoms with Crippen molar-refractivity contribution in [2.45, 2.75) is 58.9 Å². The highest BCUT2D eigenvalue weighted by atomic mass is 19.1. The molecular formula is C29H39FN4O4. The Labute approximate surface area is 224 Å². The highest BCUT2D eigenvalue weighted by molar-refractivity contribution is 6.03. The third-order valence-corrected chi connectivity index (χ3v) is 5.45. The normalized spacial score (nSPS) is 12.7. The van der Waals surface area contributed by atoms with Gasteiger partial charge in [0.2, 0.25) is 11.8 Å². The number of hydrogen-bond acceptors (Lipinski definition) is 6.